The van der Waals surface area contributed by atoms with Crippen molar-refractivity contribution in [1.82, 2.24) is 0 Å². The van der Waals surface area contributed by atoms with Crippen LogP contribution in [-0.4, -0.2) is 11.6 Å². The third kappa shape index (κ3) is 2.09. The zero-order valence-corrected chi connectivity index (χ0v) is 9.58. The molecule has 80 valence electrons. The Morgan fingerprint density at radius 3 is 2.12 bits per heavy atom. The van der Waals surface area contributed by atoms with Crippen LogP contribution in [0.3, 0.4) is 0 Å². The Bertz CT molecular complexity index is 526. The van der Waals surface area contributed by atoms with Crippen molar-refractivity contribution >= 4 is 22.9 Å². The largest absolute Gasteiger partial charge is 0.294 e. The number of Topliss-reactive ketones (excluding diaryl/α,β-unsaturated/α-hetero) is 1. The zero-order chi connectivity index (χ0) is 11.5. The van der Waals surface area contributed by atoms with E-state index in [-0.39, 0.29) is 11.6 Å². The summed E-state index contributed by atoms with van der Waals surface area (Å²) in [5, 5.41) is 0. The zero-order valence-electron chi connectivity index (χ0n) is 8.77. The molecule has 0 radical (unpaired) electrons. The lowest BCUT2D eigenvalue weighted by Gasteiger charge is -1.96. The second-order valence-corrected chi connectivity index (χ2v) is 4.50. The molecule has 0 saturated heterocycles. The third-order valence-corrected chi connectivity index (χ3v) is 3.40. The van der Waals surface area contributed by atoms with E-state index in [1.807, 2.05) is 18.2 Å². The molecule has 1 heterocycles. The van der Waals surface area contributed by atoms with Gasteiger partial charge in [0.25, 0.3) is 0 Å². The van der Waals surface area contributed by atoms with Gasteiger partial charge in [0.2, 0.25) is 5.78 Å². The van der Waals surface area contributed by atoms with E-state index in [0.29, 0.717) is 15.3 Å². The molecule has 0 aliphatic carbocycles. The number of rotatable bonds is 3. The van der Waals surface area contributed by atoms with Gasteiger partial charge in [0.1, 0.15) is 0 Å². The third-order valence-electron chi connectivity index (χ3n) is 2.21. The molecule has 16 heavy (non-hydrogen) atoms. The van der Waals surface area contributed by atoms with Crippen LogP contribution in [0.25, 0.3) is 0 Å². The van der Waals surface area contributed by atoms with E-state index in [1.165, 1.54) is 18.3 Å². The van der Waals surface area contributed by atoms with Gasteiger partial charge >= 0.3 is 0 Å². The van der Waals surface area contributed by atoms with Crippen LogP contribution in [0.5, 0.6) is 0 Å². The molecule has 0 aliphatic heterocycles. The topological polar surface area (TPSA) is 34.1 Å². The Balaban J connectivity index is 2.31. The summed E-state index contributed by atoms with van der Waals surface area (Å²) in [6.45, 7) is 1.50. The van der Waals surface area contributed by atoms with Crippen LogP contribution < -0.4 is 0 Å². The molecule has 2 aromatic rings. The lowest BCUT2D eigenvalue weighted by molar-refractivity contribution is 0.101. The maximum Gasteiger partial charge on any atom is 0.202 e. The first-order chi connectivity index (χ1) is 7.68. The summed E-state index contributed by atoms with van der Waals surface area (Å²) < 4.78 is 0. The van der Waals surface area contributed by atoms with Gasteiger partial charge < -0.3 is 0 Å². The van der Waals surface area contributed by atoms with Crippen LogP contribution in [0, 0.1) is 0 Å². The van der Waals surface area contributed by atoms with Crippen LogP contribution in [0.4, 0.5) is 0 Å². The highest BCUT2D eigenvalue weighted by atomic mass is 32.1. The number of carbonyl (C=O) groups is 2. The molecule has 0 N–H and O–H groups in total. The molecule has 2 rings (SSSR count). The highest BCUT2D eigenvalue weighted by molar-refractivity contribution is 7.16. The van der Waals surface area contributed by atoms with Crippen molar-refractivity contribution in [3.63, 3.8) is 0 Å². The number of benzene rings is 1. The van der Waals surface area contributed by atoms with Crippen LogP contribution in [-0.2, 0) is 0 Å². The summed E-state index contributed by atoms with van der Waals surface area (Å²) in [4.78, 5) is 24.3. The van der Waals surface area contributed by atoms with Crippen LogP contribution in [0.15, 0.2) is 42.5 Å². The number of thiophene rings is 1. The monoisotopic (exact) mass is 230 g/mol. The Labute approximate surface area is 97.5 Å². The fourth-order valence-corrected chi connectivity index (χ4v) is 2.24. The van der Waals surface area contributed by atoms with Gasteiger partial charge in [-0.05, 0) is 19.1 Å². The van der Waals surface area contributed by atoms with Gasteiger partial charge in [-0.15, -0.1) is 11.3 Å². The highest BCUT2D eigenvalue weighted by Crippen LogP contribution is 2.20. The Morgan fingerprint density at radius 2 is 1.56 bits per heavy atom. The normalized spacial score (nSPS) is 10.1. The second-order valence-electron chi connectivity index (χ2n) is 3.42. The van der Waals surface area contributed by atoms with Gasteiger partial charge in [-0.3, -0.25) is 9.59 Å². The molecule has 0 atom stereocenters. The molecule has 0 aliphatic rings. The van der Waals surface area contributed by atoms with Gasteiger partial charge in [0.05, 0.1) is 9.75 Å². The molecule has 3 heteroatoms. The summed E-state index contributed by atoms with van der Waals surface area (Å²) in [5.74, 6) is -0.0322. The van der Waals surface area contributed by atoms with Gasteiger partial charge in [-0.2, -0.15) is 0 Å². The summed E-state index contributed by atoms with van der Waals surface area (Å²) >= 11 is 1.24. The number of hydrogen-bond donors (Lipinski definition) is 0. The average Bonchev–Trinajstić information content (AvgIpc) is 2.78. The van der Waals surface area contributed by atoms with Gasteiger partial charge in [-0.25, -0.2) is 0 Å². The van der Waals surface area contributed by atoms with Crippen molar-refractivity contribution in [2.45, 2.75) is 6.92 Å². The van der Waals surface area contributed by atoms with E-state index in [4.69, 9.17) is 0 Å². The lowest BCUT2D eigenvalue weighted by Crippen LogP contribution is -1.97. The quantitative estimate of drug-likeness (QED) is 0.759. The number of hydrogen-bond acceptors (Lipinski definition) is 3. The minimum atomic E-state index is -0.0295. The molecule has 1 aromatic carbocycles. The Morgan fingerprint density at radius 1 is 0.938 bits per heavy atom. The van der Waals surface area contributed by atoms with Crippen molar-refractivity contribution in [1.29, 1.82) is 0 Å². The number of ketones is 2. The molecule has 2 nitrogen and oxygen atoms in total. The van der Waals surface area contributed by atoms with Crippen LogP contribution >= 0.6 is 11.3 Å². The summed E-state index contributed by atoms with van der Waals surface area (Å²) in [6.07, 6.45) is 0. The summed E-state index contributed by atoms with van der Waals surface area (Å²) in [6, 6.07) is 12.5. The van der Waals surface area contributed by atoms with E-state index in [9.17, 15) is 9.59 Å². The van der Waals surface area contributed by atoms with Crippen molar-refractivity contribution in [3.8, 4) is 0 Å². The standard InChI is InChI=1S/C13H10O2S/c1-9(14)11-7-8-12(16-11)13(15)10-5-3-2-4-6-10/h2-8H,1H3. The van der Waals surface area contributed by atoms with Crippen LogP contribution in [0.1, 0.15) is 31.8 Å². The van der Waals surface area contributed by atoms with Crippen molar-refractivity contribution in [3.05, 3.63) is 57.8 Å². The van der Waals surface area contributed by atoms with Gasteiger partial charge in [0.15, 0.2) is 5.78 Å². The van der Waals surface area contributed by atoms with E-state index < -0.39 is 0 Å². The molecule has 0 amide bonds. The van der Waals surface area contributed by atoms with Gasteiger partial charge in [-0.1, -0.05) is 30.3 Å². The molecule has 0 unspecified atom stereocenters. The first-order valence-corrected chi connectivity index (χ1v) is 5.70. The minimum absolute atomic E-state index is 0.00267. The van der Waals surface area contributed by atoms with Crippen molar-refractivity contribution in [2.75, 3.05) is 0 Å². The number of carbonyl (C=O) groups excluding carboxylic acids is 2. The van der Waals surface area contributed by atoms with E-state index in [2.05, 4.69) is 0 Å². The smallest absolute Gasteiger partial charge is 0.202 e. The van der Waals surface area contributed by atoms with Crippen molar-refractivity contribution < 1.29 is 9.59 Å². The maximum atomic E-state index is 12.0. The maximum absolute atomic E-state index is 12.0. The first kappa shape index (κ1) is 10.8. The highest BCUT2D eigenvalue weighted by Gasteiger charge is 2.12. The molecule has 0 bridgehead atoms. The lowest BCUT2D eigenvalue weighted by atomic mass is 10.1. The summed E-state index contributed by atoms with van der Waals surface area (Å²) in [7, 11) is 0. The predicted octanol–water partition coefficient (Wildman–Crippen LogP) is 3.18. The van der Waals surface area contributed by atoms with E-state index >= 15 is 0 Å². The Hall–Kier alpha value is -1.74. The van der Waals surface area contributed by atoms with Crippen LogP contribution in [0.2, 0.25) is 0 Å². The minimum Gasteiger partial charge on any atom is -0.294 e. The molecular formula is C13H10O2S. The molecule has 0 saturated carbocycles. The molecule has 0 fully saturated rings. The molecular weight excluding hydrogens is 220 g/mol. The Kier molecular flexibility index (Phi) is 2.97. The average molecular weight is 230 g/mol. The molecule has 0 spiro atoms. The fourth-order valence-electron chi connectivity index (χ4n) is 1.38. The predicted molar refractivity (Wildman–Crippen MR) is 64.2 cm³/mol. The fraction of sp³-hybridized carbons (Fsp3) is 0.0769. The van der Waals surface area contributed by atoms with E-state index in [1.54, 1.807) is 24.3 Å². The second kappa shape index (κ2) is 4.41. The SMILES string of the molecule is CC(=O)c1ccc(C(=O)c2ccccc2)s1. The van der Waals surface area contributed by atoms with Gasteiger partial charge in [0, 0.05) is 5.56 Å². The van der Waals surface area contributed by atoms with E-state index in [0.717, 1.165) is 0 Å². The van der Waals surface area contributed by atoms with Crippen molar-refractivity contribution in [2.24, 2.45) is 0 Å². The summed E-state index contributed by atoms with van der Waals surface area (Å²) in [5.41, 5.74) is 0.652. The first-order valence-electron chi connectivity index (χ1n) is 4.89. The molecule has 1 aromatic heterocycles.